The van der Waals surface area contributed by atoms with Crippen molar-refractivity contribution in [2.75, 3.05) is 4.72 Å². The van der Waals surface area contributed by atoms with E-state index in [1.165, 1.54) is 18.2 Å². The van der Waals surface area contributed by atoms with Gasteiger partial charge in [-0.05, 0) is 24.6 Å². The summed E-state index contributed by atoms with van der Waals surface area (Å²) >= 11 is 3.13. The van der Waals surface area contributed by atoms with Crippen molar-refractivity contribution in [1.82, 2.24) is 0 Å². The number of hydrogen-bond acceptors (Lipinski definition) is 4. The number of nitriles is 1. The van der Waals surface area contributed by atoms with Gasteiger partial charge >= 0.3 is 5.97 Å². The summed E-state index contributed by atoms with van der Waals surface area (Å²) in [7, 11) is -3.94. The first-order chi connectivity index (χ1) is 8.81. The summed E-state index contributed by atoms with van der Waals surface area (Å²) in [6.45, 7) is 1.56. The fourth-order valence-electron chi connectivity index (χ4n) is 1.39. The normalized spacial score (nSPS) is 12.5. The molecule has 0 fully saturated rings. The lowest BCUT2D eigenvalue weighted by molar-refractivity contribution is 0.0698. The largest absolute Gasteiger partial charge is 0.478 e. The van der Waals surface area contributed by atoms with Gasteiger partial charge in [-0.3, -0.25) is 4.72 Å². The lowest BCUT2D eigenvalue weighted by Crippen LogP contribution is -2.26. The Morgan fingerprint density at radius 2 is 2.21 bits per heavy atom. The van der Waals surface area contributed by atoms with E-state index in [4.69, 9.17) is 10.4 Å². The molecule has 0 heterocycles. The van der Waals surface area contributed by atoms with Crippen LogP contribution in [0, 0.1) is 11.3 Å². The first-order valence-electron chi connectivity index (χ1n) is 5.26. The van der Waals surface area contributed by atoms with Gasteiger partial charge in [0.15, 0.2) is 5.25 Å². The number of hydrogen-bond donors (Lipinski definition) is 2. The molecule has 8 heteroatoms. The summed E-state index contributed by atoms with van der Waals surface area (Å²) in [5, 5.41) is 16.5. The predicted octanol–water partition coefficient (Wildman–Crippen LogP) is 2.19. The van der Waals surface area contributed by atoms with Crippen molar-refractivity contribution in [3.63, 3.8) is 0 Å². The third kappa shape index (κ3) is 3.68. The minimum Gasteiger partial charge on any atom is -0.478 e. The smallest absolute Gasteiger partial charge is 0.337 e. The van der Waals surface area contributed by atoms with E-state index >= 15 is 0 Å². The highest BCUT2D eigenvalue weighted by molar-refractivity contribution is 9.10. The zero-order chi connectivity index (χ0) is 14.6. The molecule has 1 aromatic rings. The Labute approximate surface area is 119 Å². The molecule has 6 nitrogen and oxygen atoms in total. The lowest BCUT2D eigenvalue weighted by atomic mass is 10.2. The monoisotopic (exact) mass is 346 g/mol. The van der Waals surface area contributed by atoms with Gasteiger partial charge in [-0.1, -0.05) is 22.9 Å². The van der Waals surface area contributed by atoms with Crippen LogP contribution in [0.1, 0.15) is 23.7 Å². The zero-order valence-electron chi connectivity index (χ0n) is 9.92. The summed E-state index contributed by atoms with van der Waals surface area (Å²) in [5.41, 5.74) is -0.254. The summed E-state index contributed by atoms with van der Waals surface area (Å²) in [5.74, 6) is -1.25. The molecule has 19 heavy (non-hydrogen) atoms. The van der Waals surface area contributed by atoms with Crippen LogP contribution >= 0.6 is 15.9 Å². The molecule has 1 rings (SSSR count). The minimum absolute atomic E-state index is 0.0735. The maximum atomic E-state index is 11.9. The van der Waals surface area contributed by atoms with Gasteiger partial charge in [-0.25, -0.2) is 13.2 Å². The third-order valence-electron chi connectivity index (χ3n) is 2.35. The van der Waals surface area contributed by atoms with Crippen molar-refractivity contribution >= 4 is 37.6 Å². The number of nitrogens with zero attached hydrogens (tertiary/aromatic N) is 1. The van der Waals surface area contributed by atoms with Gasteiger partial charge in [0.25, 0.3) is 0 Å². The minimum atomic E-state index is -3.94. The summed E-state index contributed by atoms with van der Waals surface area (Å²) in [6.07, 6.45) is 0.113. The van der Waals surface area contributed by atoms with Gasteiger partial charge in [-0.15, -0.1) is 0 Å². The number of rotatable bonds is 5. The van der Waals surface area contributed by atoms with Crippen LogP contribution in [0.25, 0.3) is 0 Å². The Kier molecular flexibility index (Phi) is 4.91. The third-order valence-corrected chi connectivity index (χ3v) is 4.54. The molecule has 2 N–H and O–H groups in total. The van der Waals surface area contributed by atoms with E-state index in [0.29, 0.717) is 4.47 Å². The van der Waals surface area contributed by atoms with Crippen molar-refractivity contribution < 1.29 is 18.3 Å². The van der Waals surface area contributed by atoms with E-state index in [2.05, 4.69) is 20.7 Å². The van der Waals surface area contributed by atoms with E-state index in [1.54, 1.807) is 13.0 Å². The number of carboxylic acids is 1. The van der Waals surface area contributed by atoms with Crippen molar-refractivity contribution in [3.05, 3.63) is 28.2 Å². The van der Waals surface area contributed by atoms with Crippen LogP contribution in [-0.4, -0.2) is 24.7 Å². The summed E-state index contributed by atoms with van der Waals surface area (Å²) in [4.78, 5) is 11.0. The molecule has 0 aliphatic rings. The highest BCUT2D eigenvalue weighted by Gasteiger charge is 2.25. The number of carboxylic acid groups (broad SMARTS) is 1. The maximum Gasteiger partial charge on any atom is 0.337 e. The molecule has 0 saturated carbocycles. The molecule has 0 spiro atoms. The van der Waals surface area contributed by atoms with Gasteiger partial charge in [0.05, 0.1) is 17.3 Å². The van der Waals surface area contributed by atoms with Gasteiger partial charge < -0.3 is 5.11 Å². The van der Waals surface area contributed by atoms with Crippen molar-refractivity contribution in [2.45, 2.75) is 18.6 Å². The van der Waals surface area contributed by atoms with Crippen LogP contribution in [0.5, 0.6) is 0 Å². The first kappa shape index (κ1) is 15.5. The highest BCUT2D eigenvalue weighted by Crippen LogP contribution is 2.23. The Morgan fingerprint density at radius 1 is 1.58 bits per heavy atom. The van der Waals surface area contributed by atoms with Crippen LogP contribution in [-0.2, 0) is 10.0 Å². The van der Waals surface area contributed by atoms with E-state index in [9.17, 15) is 13.2 Å². The molecule has 0 saturated heterocycles. The SMILES string of the molecule is CCC(C#N)S(=O)(=O)Nc1cc(Br)ccc1C(=O)O. The number of benzene rings is 1. The number of nitrogens with one attached hydrogen (secondary N) is 1. The molecule has 1 atom stereocenters. The lowest BCUT2D eigenvalue weighted by Gasteiger charge is -2.13. The van der Waals surface area contributed by atoms with Crippen molar-refractivity contribution in [2.24, 2.45) is 0 Å². The van der Waals surface area contributed by atoms with Crippen LogP contribution in [0.2, 0.25) is 0 Å². The predicted molar refractivity (Wildman–Crippen MR) is 73.3 cm³/mol. The molecule has 0 radical (unpaired) electrons. The van der Waals surface area contributed by atoms with Crippen LogP contribution in [0.3, 0.4) is 0 Å². The average Bonchev–Trinajstić information content (AvgIpc) is 2.28. The van der Waals surface area contributed by atoms with Crippen molar-refractivity contribution in [1.29, 1.82) is 5.26 Å². The topological polar surface area (TPSA) is 107 Å². The fourth-order valence-corrected chi connectivity index (χ4v) is 2.95. The number of carbonyl (C=O) groups is 1. The number of sulfonamides is 1. The molecule has 102 valence electrons. The number of aromatic carboxylic acids is 1. The van der Waals surface area contributed by atoms with Gasteiger partial charge in [0.2, 0.25) is 10.0 Å². The molecule has 0 aromatic heterocycles. The molecular formula is C11H11BrN2O4S. The van der Waals surface area contributed by atoms with Crippen LogP contribution < -0.4 is 4.72 Å². The maximum absolute atomic E-state index is 11.9. The number of anilines is 1. The quantitative estimate of drug-likeness (QED) is 0.849. The fraction of sp³-hybridized carbons (Fsp3) is 0.273. The summed E-state index contributed by atoms with van der Waals surface area (Å²) < 4.78 is 26.5. The van der Waals surface area contributed by atoms with Gasteiger partial charge in [-0.2, -0.15) is 5.26 Å². The highest BCUT2D eigenvalue weighted by atomic mass is 79.9. The van der Waals surface area contributed by atoms with Gasteiger partial charge in [0, 0.05) is 4.47 Å². The number of halogens is 1. The molecule has 1 unspecified atom stereocenters. The molecule has 1 aromatic carbocycles. The zero-order valence-corrected chi connectivity index (χ0v) is 12.3. The standard InChI is InChI=1S/C11H11BrN2O4S/c1-2-8(6-13)19(17,18)14-10-5-7(12)3-4-9(10)11(15)16/h3-5,8,14H,2H2,1H3,(H,15,16). The molecule has 0 aliphatic heterocycles. The molecular weight excluding hydrogens is 336 g/mol. The van der Waals surface area contributed by atoms with Crippen LogP contribution in [0.15, 0.2) is 22.7 Å². The second-order valence-corrected chi connectivity index (χ2v) is 6.45. The molecule has 0 amide bonds. The Hall–Kier alpha value is -1.59. The van der Waals surface area contributed by atoms with E-state index in [-0.39, 0.29) is 17.7 Å². The Morgan fingerprint density at radius 3 is 2.68 bits per heavy atom. The Bertz CT molecular complexity index is 637. The summed E-state index contributed by atoms with van der Waals surface area (Å²) in [6, 6.07) is 5.77. The second-order valence-electron chi connectivity index (χ2n) is 3.67. The molecule has 0 aliphatic carbocycles. The van der Waals surface area contributed by atoms with E-state index < -0.39 is 21.2 Å². The Balaban J connectivity index is 3.23. The average molecular weight is 347 g/mol. The first-order valence-corrected chi connectivity index (χ1v) is 7.59. The molecule has 0 bridgehead atoms. The van der Waals surface area contributed by atoms with E-state index in [1.807, 2.05) is 0 Å². The second kappa shape index (κ2) is 6.04. The van der Waals surface area contributed by atoms with E-state index in [0.717, 1.165) is 0 Å². The van der Waals surface area contributed by atoms with Gasteiger partial charge in [0.1, 0.15) is 0 Å². The van der Waals surface area contributed by atoms with Crippen LogP contribution in [0.4, 0.5) is 5.69 Å². The van der Waals surface area contributed by atoms with Crippen molar-refractivity contribution in [3.8, 4) is 6.07 Å².